The molecule has 30 heavy (non-hydrogen) atoms. The Morgan fingerprint density at radius 2 is 1.60 bits per heavy atom. The second-order valence-corrected chi connectivity index (χ2v) is 8.54. The molecule has 0 saturated heterocycles. The van der Waals surface area contributed by atoms with Crippen molar-refractivity contribution in [3.63, 3.8) is 0 Å². The lowest BCUT2D eigenvalue weighted by Gasteiger charge is -2.26. The molecule has 0 bridgehead atoms. The van der Waals surface area contributed by atoms with E-state index in [2.05, 4.69) is 37.8 Å². The van der Waals surface area contributed by atoms with E-state index in [1.165, 1.54) is 37.3 Å². The molecular weight excluding hydrogens is 400 g/mol. The number of hydrogen-bond donors (Lipinski definition) is 0. The van der Waals surface area contributed by atoms with Gasteiger partial charge < -0.3 is 9.47 Å². The van der Waals surface area contributed by atoms with Crippen LogP contribution in [-0.4, -0.2) is 25.2 Å². The van der Waals surface area contributed by atoms with Crippen LogP contribution in [0.2, 0.25) is 0 Å². The Morgan fingerprint density at radius 3 is 2.20 bits per heavy atom. The lowest BCUT2D eigenvalue weighted by Crippen LogP contribution is -2.10. The summed E-state index contributed by atoms with van der Waals surface area (Å²) in [6, 6.07) is 8.52. The van der Waals surface area contributed by atoms with Gasteiger partial charge in [0.2, 0.25) is 0 Å². The van der Waals surface area contributed by atoms with Gasteiger partial charge in [-0.05, 0) is 67.6 Å². The second-order valence-electron chi connectivity index (χ2n) is 8.08. The standard InChI is InChI=1S/C25H33ClO4/c1-19-7-12-22(13-8-19)23-14-9-21(10-15-23)11-16-24(27)29-17-5-3-4-6-18-30-25(28)20(2)26/h9-11,14-16,19,22H,2-8,12-13,17-18H2,1H3/b16-11+. The predicted octanol–water partition coefficient (Wildman–Crippen LogP) is 6.39. The van der Waals surface area contributed by atoms with E-state index in [4.69, 9.17) is 21.1 Å². The van der Waals surface area contributed by atoms with Crippen LogP contribution in [0.3, 0.4) is 0 Å². The van der Waals surface area contributed by atoms with E-state index in [0.29, 0.717) is 19.1 Å². The van der Waals surface area contributed by atoms with E-state index in [9.17, 15) is 9.59 Å². The normalized spacial score (nSPS) is 18.9. The molecule has 1 fully saturated rings. The van der Waals surface area contributed by atoms with Gasteiger partial charge in [0.05, 0.1) is 13.2 Å². The number of esters is 2. The van der Waals surface area contributed by atoms with E-state index >= 15 is 0 Å². The van der Waals surface area contributed by atoms with Crippen molar-refractivity contribution in [2.24, 2.45) is 5.92 Å². The summed E-state index contributed by atoms with van der Waals surface area (Å²) in [7, 11) is 0. The summed E-state index contributed by atoms with van der Waals surface area (Å²) in [4.78, 5) is 22.9. The zero-order valence-electron chi connectivity index (χ0n) is 17.9. The quantitative estimate of drug-likeness (QED) is 0.231. The highest BCUT2D eigenvalue weighted by Crippen LogP contribution is 2.35. The maximum absolute atomic E-state index is 11.8. The Bertz CT molecular complexity index is 715. The van der Waals surface area contributed by atoms with Crippen LogP contribution in [0, 0.1) is 5.92 Å². The number of hydrogen-bond acceptors (Lipinski definition) is 4. The van der Waals surface area contributed by atoms with Gasteiger partial charge in [-0.3, -0.25) is 0 Å². The highest BCUT2D eigenvalue weighted by molar-refractivity contribution is 6.40. The molecule has 0 atom stereocenters. The molecule has 5 heteroatoms. The number of carbonyl (C=O) groups is 2. The molecule has 0 aliphatic heterocycles. The minimum Gasteiger partial charge on any atom is -0.463 e. The highest BCUT2D eigenvalue weighted by Gasteiger charge is 2.19. The zero-order chi connectivity index (χ0) is 21.8. The number of benzene rings is 1. The molecule has 1 aromatic rings. The molecule has 0 radical (unpaired) electrons. The fourth-order valence-electron chi connectivity index (χ4n) is 3.66. The molecule has 0 N–H and O–H groups in total. The van der Waals surface area contributed by atoms with Crippen molar-refractivity contribution in [2.75, 3.05) is 13.2 Å². The molecular formula is C25H33ClO4. The van der Waals surface area contributed by atoms with Crippen molar-refractivity contribution in [1.29, 1.82) is 0 Å². The number of halogens is 1. The Hall–Kier alpha value is -2.07. The van der Waals surface area contributed by atoms with Crippen LogP contribution in [-0.2, 0) is 19.1 Å². The molecule has 0 aromatic heterocycles. The second kappa shape index (κ2) is 13.3. The van der Waals surface area contributed by atoms with Crippen LogP contribution >= 0.6 is 11.6 Å². The predicted molar refractivity (Wildman–Crippen MR) is 121 cm³/mol. The van der Waals surface area contributed by atoms with Gasteiger partial charge >= 0.3 is 11.9 Å². The summed E-state index contributed by atoms with van der Waals surface area (Å²) in [5, 5.41) is -0.107. The average molecular weight is 433 g/mol. The minimum atomic E-state index is -0.573. The first-order valence-electron chi connectivity index (χ1n) is 10.9. The van der Waals surface area contributed by atoms with Crippen molar-refractivity contribution in [1.82, 2.24) is 0 Å². The third kappa shape index (κ3) is 9.17. The Balaban J connectivity index is 1.57. The van der Waals surface area contributed by atoms with E-state index in [1.807, 2.05) is 0 Å². The van der Waals surface area contributed by atoms with Crippen LogP contribution in [0.25, 0.3) is 6.08 Å². The summed E-state index contributed by atoms with van der Waals surface area (Å²) >= 11 is 5.42. The van der Waals surface area contributed by atoms with Gasteiger partial charge in [0, 0.05) is 6.08 Å². The first-order chi connectivity index (χ1) is 14.5. The first-order valence-corrected chi connectivity index (χ1v) is 11.3. The lowest BCUT2D eigenvalue weighted by atomic mass is 9.79. The molecule has 1 aliphatic rings. The lowest BCUT2D eigenvalue weighted by molar-refractivity contribution is -0.139. The number of ether oxygens (including phenoxy) is 2. The molecule has 0 amide bonds. The number of carbonyl (C=O) groups excluding carboxylic acids is 2. The Labute approximate surface area is 185 Å². The van der Waals surface area contributed by atoms with Crippen LogP contribution in [0.15, 0.2) is 42.0 Å². The molecule has 1 aromatic carbocycles. The number of rotatable bonds is 11. The van der Waals surface area contributed by atoms with Crippen LogP contribution in [0.4, 0.5) is 0 Å². The molecule has 164 valence electrons. The molecule has 0 unspecified atom stereocenters. The monoisotopic (exact) mass is 432 g/mol. The van der Waals surface area contributed by atoms with Crippen molar-refractivity contribution < 1.29 is 19.1 Å². The summed E-state index contributed by atoms with van der Waals surface area (Å²) in [5.41, 5.74) is 2.41. The van der Waals surface area contributed by atoms with Gasteiger partial charge in [-0.2, -0.15) is 0 Å². The maximum Gasteiger partial charge on any atom is 0.349 e. The molecule has 0 heterocycles. The third-order valence-corrected chi connectivity index (χ3v) is 5.73. The summed E-state index contributed by atoms with van der Waals surface area (Å²) in [5.74, 6) is 0.637. The smallest absolute Gasteiger partial charge is 0.349 e. The Morgan fingerprint density at radius 1 is 1.00 bits per heavy atom. The molecule has 1 saturated carbocycles. The van der Waals surface area contributed by atoms with Crippen molar-refractivity contribution in [3.05, 3.63) is 53.1 Å². The van der Waals surface area contributed by atoms with Gasteiger partial charge in [0.15, 0.2) is 0 Å². The van der Waals surface area contributed by atoms with Gasteiger partial charge in [0.1, 0.15) is 5.03 Å². The molecule has 0 spiro atoms. The summed E-state index contributed by atoms with van der Waals surface area (Å²) in [6.07, 6.45) is 11.8. The fraction of sp³-hybridized carbons (Fsp3) is 0.520. The van der Waals surface area contributed by atoms with Gasteiger partial charge in [-0.1, -0.05) is 62.2 Å². The molecule has 2 rings (SSSR count). The topological polar surface area (TPSA) is 52.6 Å². The fourth-order valence-corrected chi connectivity index (χ4v) is 3.71. The summed E-state index contributed by atoms with van der Waals surface area (Å²) < 4.78 is 10.1. The SMILES string of the molecule is C=C(Cl)C(=O)OCCCCCCOC(=O)/C=C/c1ccc(C2CCC(C)CC2)cc1. The maximum atomic E-state index is 11.8. The largest absolute Gasteiger partial charge is 0.463 e. The average Bonchev–Trinajstić information content (AvgIpc) is 2.74. The van der Waals surface area contributed by atoms with Crippen molar-refractivity contribution >= 4 is 29.6 Å². The van der Waals surface area contributed by atoms with Gasteiger partial charge in [-0.25, -0.2) is 9.59 Å². The highest BCUT2D eigenvalue weighted by atomic mass is 35.5. The van der Waals surface area contributed by atoms with E-state index in [-0.39, 0.29) is 11.0 Å². The molecule has 1 aliphatic carbocycles. The van der Waals surface area contributed by atoms with Crippen LogP contribution in [0.1, 0.15) is 75.3 Å². The zero-order valence-corrected chi connectivity index (χ0v) is 18.7. The number of unbranched alkanes of at least 4 members (excludes halogenated alkanes) is 3. The first kappa shape index (κ1) is 24.2. The molecule has 4 nitrogen and oxygen atoms in total. The minimum absolute atomic E-state index is 0.107. The Kier molecular flexibility index (Phi) is 10.7. The van der Waals surface area contributed by atoms with E-state index in [1.54, 1.807) is 6.08 Å². The van der Waals surface area contributed by atoms with Crippen LogP contribution < -0.4 is 0 Å². The van der Waals surface area contributed by atoms with Crippen molar-refractivity contribution in [3.8, 4) is 0 Å². The van der Waals surface area contributed by atoms with E-state index in [0.717, 1.165) is 37.2 Å². The van der Waals surface area contributed by atoms with E-state index < -0.39 is 5.97 Å². The summed E-state index contributed by atoms with van der Waals surface area (Å²) in [6.45, 7) is 6.36. The van der Waals surface area contributed by atoms with Crippen molar-refractivity contribution in [2.45, 2.75) is 64.2 Å². The van der Waals surface area contributed by atoms with Gasteiger partial charge in [0.25, 0.3) is 0 Å². The third-order valence-electron chi connectivity index (χ3n) is 5.57. The van der Waals surface area contributed by atoms with Gasteiger partial charge in [-0.15, -0.1) is 0 Å². The van der Waals surface area contributed by atoms with Crippen LogP contribution in [0.5, 0.6) is 0 Å².